The zero-order valence-electron chi connectivity index (χ0n) is 20.5. The van der Waals surface area contributed by atoms with Gasteiger partial charge in [0.25, 0.3) is 11.8 Å². The SMILES string of the molecule is COc1ccc(C(=O)N[C@@H](C(=O)NCC(C)C)C2CCN(C(=O)c3ccccc3C)CC2)cc1. The second-order valence-corrected chi connectivity index (χ2v) is 9.26. The average molecular weight is 466 g/mol. The van der Waals surface area contributed by atoms with Gasteiger partial charge in [-0.2, -0.15) is 0 Å². The van der Waals surface area contributed by atoms with Gasteiger partial charge in [0.05, 0.1) is 7.11 Å². The highest BCUT2D eigenvalue weighted by atomic mass is 16.5. The zero-order chi connectivity index (χ0) is 24.7. The predicted octanol–water partition coefficient (Wildman–Crippen LogP) is 3.43. The van der Waals surface area contributed by atoms with E-state index in [4.69, 9.17) is 4.74 Å². The zero-order valence-corrected chi connectivity index (χ0v) is 20.5. The van der Waals surface area contributed by atoms with Crippen LogP contribution in [-0.2, 0) is 4.79 Å². The minimum atomic E-state index is -0.663. The minimum Gasteiger partial charge on any atom is -0.497 e. The number of methoxy groups -OCH3 is 1. The van der Waals surface area contributed by atoms with Crippen LogP contribution in [0.1, 0.15) is 53.0 Å². The average Bonchev–Trinajstić information content (AvgIpc) is 2.85. The molecule has 34 heavy (non-hydrogen) atoms. The van der Waals surface area contributed by atoms with Crippen molar-refractivity contribution in [3.8, 4) is 5.75 Å². The fraction of sp³-hybridized carbons (Fsp3) is 0.444. The van der Waals surface area contributed by atoms with Crippen LogP contribution in [0.15, 0.2) is 48.5 Å². The maximum absolute atomic E-state index is 13.1. The highest BCUT2D eigenvalue weighted by molar-refractivity contribution is 5.98. The molecule has 0 radical (unpaired) electrons. The lowest BCUT2D eigenvalue weighted by atomic mass is 9.88. The molecule has 182 valence electrons. The third-order valence-electron chi connectivity index (χ3n) is 6.28. The first-order valence-corrected chi connectivity index (χ1v) is 11.9. The summed E-state index contributed by atoms with van der Waals surface area (Å²) in [5.74, 6) is 0.434. The van der Waals surface area contributed by atoms with Gasteiger partial charge < -0.3 is 20.3 Å². The molecule has 0 bridgehead atoms. The van der Waals surface area contributed by atoms with Crippen molar-refractivity contribution in [2.24, 2.45) is 11.8 Å². The van der Waals surface area contributed by atoms with Gasteiger partial charge in [0.1, 0.15) is 11.8 Å². The Labute approximate surface area is 201 Å². The molecule has 2 aromatic carbocycles. The second-order valence-electron chi connectivity index (χ2n) is 9.26. The number of ether oxygens (including phenoxy) is 1. The summed E-state index contributed by atoms with van der Waals surface area (Å²) in [6.07, 6.45) is 1.28. The number of hydrogen-bond acceptors (Lipinski definition) is 4. The van der Waals surface area contributed by atoms with E-state index < -0.39 is 6.04 Å². The van der Waals surface area contributed by atoms with Gasteiger partial charge in [-0.3, -0.25) is 14.4 Å². The van der Waals surface area contributed by atoms with Crippen LogP contribution >= 0.6 is 0 Å². The summed E-state index contributed by atoms with van der Waals surface area (Å²) >= 11 is 0. The van der Waals surface area contributed by atoms with E-state index in [2.05, 4.69) is 10.6 Å². The fourth-order valence-corrected chi connectivity index (χ4v) is 4.20. The molecule has 0 aromatic heterocycles. The molecule has 2 aromatic rings. The molecule has 0 aliphatic carbocycles. The number of likely N-dealkylation sites (tertiary alicyclic amines) is 1. The van der Waals surface area contributed by atoms with Crippen molar-refractivity contribution < 1.29 is 19.1 Å². The molecule has 3 amide bonds. The van der Waals surface area contributed by atoms with Crippen molar-refractivity contribution in [2.75, 3.05) is 26.7 Å². The molecule has 3 rings (SSSR count). The van der Waals surface area contributed by atoms with Crippen molar-refractivity contribution in [2.45, 2.75) is 39.7 Å². The number of rotatable bonds is 8. The van der Waals surface area contributed by atoms with Crippen LogP contribution in [0.3, 0.4) is 0 Å². The molecule has 2 N–H and O–H groups in total. The number of nitrogens with zero attached hydrogens (tertiary/aromatic N) is 1. The number of hydrogen-bond donors (Lipinski definition) is 2. The van der Waals surface area contributed by atoms with Gasteiger partial charge in [-0.1, -0.05) is 32.0 Å². The second kappa shape index (κ2) is 11.7. The first-order valence-electron chi connectivity index (χ1n) is 11.9. The molecule has 7 heteroatoms. The Morgan fingerprint density at radius 1 is 1.03 bits per heavy atom. The molecule has 1 aliphatic heterocycles. The first kappa shape index (κ1) is 25.3. The third-order valence-corrected chi connectivity index (χ3v) is 6.28. The molecular formula is C27H35N3O4. The molecule has 0 saturated carbocycles. The Hall–Kier alpha value is -3.35. The van der Waals surface area contributed by atoms with Crippen LogP contribution in [0.5, 0.6) is 5.75 Å². The summed E-state index contributed by atoms with van der Waals surface area (Å²) in [4.78, 5) is 40.8. The van der Waals surface area contributed by atoms with Gasteiger partial charge in [0.15, 0.2) is 0 Å². The summed E-state index contributed by atoms with van der Waals surface area (Å²) in [6.45, 7) is 7.62. The van der Waals surface area contributed by atoms with Gasteiger partial charge in [0.2, 0.25) is 5.91 Å². The van der Waals surface area contributed by atoms with E-state index in [0.29, 0.717) is 55.3 Å². The van der Waals surface area contributed by atoms with Crippen molar-refractivity contribution in [3.05, 3.63) is 65.2 Å². The number of carbonyl (C=O) groups excluding carboxylic acids is 3. The topological polar surface area (TPSA) is 87.7 Å². The van der Waals surface area contributed by atoms with Crippen molar-refractivity contribution in [1.29, 1.82) is 0 Å². The number of piperidine rings is 1. The third kappa shape index (κ3) is 6.37. The van der Waals surface area contributed by atoms with Crippen molar-refractivity contribution in [3.63, 3.8) is 0 Å². The monoisotopic (exact) mass is 465 g/mol. The summed E-state index contributed by atoms with van der Waals surface area (Å²) in [5, 5.41) is 5.92. The van der Waals surface area contributed by atoms with Gasteiger partial charge in [-0.25, -0.2) is 0 Å². The van der Waals surface area contributed by atoms with Crippen LogP contribution in [0.4, 0.5) is 0 Å². The van der Waals surface area contributed by atoms with Gasteiger partial charge in [-0.15, -0.1) is 0 Å². The standard InChI is InChI=1S/C27H35N3O4/c1-18(2)17-28-26(32)24(29-25(31)21-9-11-22(34-4)12-10-21)20-13-15-30(16-14-20)27(33)23-8-6-5-7-19(23)3/h5-12,18,20,24H,13-17H2,1-4H3,(H,28,32)(H,29,31)/t24-/m1/s1. The molecular weight excluding hydrogens is 430 g/mol. The van der Waals surface area contributed by atoms with Crippen LogP contribution in [-0.4, -0.2) is 55.4 Å². The van der Waals surface area contributed by atoms with E-state index in [9.17, 15) is 14.4 Å². The Bertz CT molecular complexity index is 995. The van der Waals surface area contributed by atoms with Crippen LogP contribution < -0.4 is 15.4 Å². The maximum atomic E-state index is 13.1. The fourth-order valence-electron chi connectivity index (χ4n) is 4.20. The normalized spacial score (nSPS) is 15.0. The highest BCUT2D eigenvalue weighted by Gasteiger charge is 2.34. The molecule has 1 aliphatic rings. The first-order chi connectivity index (χ1) is 16.3. The summed E-state index contributed by atoms with van der Waals surface area (Å²) in [5.41, 5.74) is 2.13. The molecule has 0 unspecified atom stereocenters. The quantitative estimate of drug-likeness (QED) is 0.625. The van der Waals surface area contributed by atoms with Crippen LogP contribution in [0.2, 0.25) is 0 Å². The Balaban J connectivity index is 1.69. The van der Waals surface area contributed by atoms with Crippen molar-refractivity contribution >= 4 is 17.7 Å². The number of amides is 3. The molecule has 7 nitrogen and oxygen atoms in total. The van der Waals surface area contributed by atoms with E-state index >= 15 is 0 Å². The number of aryl methyl sites for hydroxylation is 1. The van der Waals surface area contributed by atoms with Gasteiger partial charge in [0, 0.05) is 30.8 Å². The minimum absolute atomic E-state index is 0.0135. The van der Waals surface area contributed by atoms with E-state index in [-0.39, 0.29) is 23.6 Å². The largest absolute Gasteiger partial charge is 0.497 e. The van der Waals surface area contributed by atoms with E-state index in [0.717, 1.165) is 5.56 Å². The highest BCUT2D eigenvalue weighted by Crippen LogP contribution is 2.24. The summed E-state index contributed by atoms with van der Waals surface area (Å²) in [7, 11) is 1.57. The molecule has 0 spiro atoms. The van der Waals surface area contributed by atoms with E-state index in [1.54, 1.807) is 31.4 Å². The Kier molecular flexibility index (Phi) is 8.68. The lowest BCUT2D eigenvalue weighted by Crippen LogP contribution is -2.54. The molecule has 1 atom stereocenters. The Morgan fingerprint density at radius 3 is 2.26 bits per heavy atom. The van der Waals surface area contributed by atoms with Gasteiger partial charge in [-0.05, 0) is 67.5 Å². The molecule has 1 heterocycles. The van der Waals surface area contributed by atoms with E-state index in [1.807, 2.05) is 49.9 Å². The number of benzene rings is 2. The van der Waals surface area contributed by atoms with E-state index in [1.165, 1.54) is 0 Å². The number of nitrogens with one attached hydrogen (secondary N) is 2. The summed E-state index contributed by atoms with van der Waals surface area (Å²) in [6, 6.07) is 13.7. The lowest BCUT2D eigenvalue weighted by molar-refractivity contribution is -0.124. The predicted molar refractivity (Wildman–Crippen MR) is 132 cm³/mol. The number of carbonyl (C=O) groups is 3. The smallest absolute Gasteiger partial charge is 0.254 e. The lowest BCUT2D eigenvalue weighted by Gasteiger charge is -2.36. The molecule has 1 saturated heterocycles. The summed E-state index contributed by atoms with van der Waals surface area (Å²) < 4.78 is 5.16. The Morgan fingerprint density at radius 2 is 1.68 bits per heavy atom. The maximum Gasteiger partial charge on any atom is 0.254 e. The van der Waals surface area contributed by atoms with Crippen molar-refractivity contribution in [1.82, 2.24) is 15.5 Å². The van der Waals surface area contributed by atoms with Crippen LogP contribution in [0.25, 0.3) is 0 Å². The van der Waals surface area contributed by atoms with Gasteiger partial charge >= 0.3 is 0 Å². The molecule has 1 fully saturated rings. The van der Waals surface area contributed by atoms with Crippen LogP contribution in [0, 0.1) is 18.8 Å².